The molecule has 0 spiro atoms. The minimum atomic E-state index is 0. The van der Waals surface area contributed by atoms with Gasteiger partial charge in [-0.2, -0.15) is 6.08 Å². The topological polar surface area (TPSA) is 3.24 Å². The average Bonchev–Trinajstić information content (AvgIpc) is 2.11. The molecule has 13 heavy (non-hydrogen) atoms. The molecular formula is C8H17Cl3NTi-. The van der Waals surface area contributed by atoms with Crippen molar-refractivity contribution in [1.29, 1.82) is 0 Å². The van der Waals surface area contributed by atoms with Gasteiger partial charge in [-0.1, -0.05) is 0 Å². The summed E-state index contributed by atoms with van der Waals surface area (Å²) in [6.07, 6.45) is 10.0. The largest absolute Gasteiger partial charge is 0.312 e. The third-order valence-corrected chi connectivity index (χ3v) is 0.586. The standard InChI is InChI=1S/C5H5.C3H9N.3ClH.Ti/c1-2-4-5-3-1;1-4(2)3;;;;/h1-3H,4H2;1-3H3;3*1H;/q-1;;;;;. The van der Waals surface area contributed by atoms with Gasteiger partial charge in [0.1, 0.15) is 0 Å². The molecule has 0 unspecified atom stereocenters. The van der Waals surface area contributed by atoms with Crippen LogP contribution in [0, 0.1) is 6.08 Å². The zero-order valence-corrected chi connectivity index (χ0v) is 12.1. The summed E-state index contributed by atoms with van der Waals surface area (Å²) in [6, 6.07) is 0. The molecule has 0 saturated carbocycles. The third-order valence-electron chi connectivity index (χ3n) is 0.586. The minimum absolute atomic E-state index is 0. The van der Waals surface area contributed by atoms with Gasteiger partial charge in [0.2, 0.25) is 0 Å². The first-order valence-corrected chi connectivity index (χ1v) is 3.06. The number of allylic oxidation sites excluding steroid dienone is 4. The fourth-order valence-electron chi connectivity index (χ4n) is 0.340. The molecule has 0 amide bonds. The van der Waals surface area contributed by atoms with Crippen LogP contribution in [0.25, 0.3) is 0 Å². The summed E-state index contributed by atoms with van der Waals surface area (Å²) >= 11 is 0. The van der Waals surface area contributed by atoms with Crippen LogP contribution in [0.4, 0.5) is 0 Å². The average molecular weight is 281 g/mol. The number of hydrogen-bond acceptors (Lipinski definition) is 1. The Morgan fingerprint density at radius 2 is 1.46 bits per heavy atom. The summed E-state index contributed by atoms with van der Waals surface area (Å²) < 4.78 is 0. The maximum absolute atomic E-state index is 2.99. The van der Waals surface area contributed by atoms with Crippen LogP contribution >= 0.6 is 37.2 Å². The van der Waals surface area contributed by atoms with Crippen molar-refractivity contribution in [3.8, 4) is 0 Å². The molecular weight excluding hydrogens is 264 g/mol. The van der Waals surface area contributed by atoms with Crippen LogP contribution in [-0.4, -0.2) is 26.0 Å². The summed E-state index contributed by atoms with van der Waals surface area (Å²) in [4.78, 5) is 2.00. The van der Waals surface area contributed by atoms with Gasteiger partial charge < -0.3 is 4.90 Å². The summed E-state index contributed by atoms with van der Waals surface area (Å²) in [5.74, 6) is 0. The molecule has 0 aliphatic heterocycles. The SMILES string of the molecule is CN(C)C.Cl.Cl.Cl.[C-]1=CC=CC1.[Ti]. The van der Waals surface area contributed by atoms with E-state index in [1.165, 1.54) is 0 Å². The van der Waals surface area contributed by atoms with Crippen LogP contribution in [0.5, 0.6) is 0 Å². The zero-order chi connectivity index (χ0) is 7.11. The van der Waals surface area contributed by atoms with E-state index in [1.54, 1.807) is 0 Å². The molecule has 0 aromatic rings. The minimum Gasteiger partial charge on any atom is -0.312 e. The van der Waals surface area contributed by atoms with E-state index in [9.17, 15) is 0 Å². The quantitative estimate of drug-likeness (QED) is 0.487. The molecule has 0 bridgehead atoms. The van der Waals surface area contributed by atoms with E-state index in [4.69, 9.17) is 0 Å². The van der Waals surface area contributed by atoms with Gasteiger partial charge in [-0.3, -0.25) is 6.08 Å². The van der Waals surface area contributed by atoms with Crippen molar-refractivity contribution >= 4 is 37.2 Å². The monoisotopic (exact) mass is 280 g/mol. The smallest absolute Gasteiger partial charge is 0 e. The first kappa shape index (κ1) is 29.2. The number of rotatable bonds is 0. The Bertz CT molecular complexity index is 103. The molecule has 0 heterocycles. The number of nitrogens with zero attached hydrogens (tertiary/aromatic N) is 1. The summed E-state index contributed by atoms with van der Waals surface area (Å²) in [6.45, 7) is 0. The van der Waals surface area contributed by atoms with Gasteiger partial charge in [0.05, 0.1) is 0 Å². The van der Waals surface area contributed by atoms with E-state index in [0.29, 0.717) is 0 Å². The van der Waals surface area contributed by atoms with E-state index in [-0.39, 0.29) is 58.9 Å². The predicted octanol–water partition coefficient (Wildman–Crippen LogP) is 2.75. The second-order valence-electron chi connectivity index (χ2n) is 2.34. The molecule has 1 aliphatic carbocycles. The molecule has 5 heteroatoms. The molecule has 1 aliphatic rings. The summed E-state index contributed by atoms with van der Waals surface area (Å²) in [5.41, 5.74) is 0. The molecule has 1 nitrogen and oxygen atoms in total. The van der Waals surface area contributed by atoms with Crippen molar-refractivity contribution in [2.75, 3.05) is 21.1 Å². The van der Waals surface area contributed by atoms with Crippen LogP contribution in [-0.2, 0) is 21.7 Å². The van der Waals surface area contributed by atoms with E-state index in [1.807, 2.05) is 38.2 Å². The maximum Gasteiger partial charge on any atom is 0 e. The Balaban J connectivity index is -0.0000000256. The fraction of sp³-hybridized carbons (Fsp3) is 0.500. The molecule has 80 valence electrons. The van der Waals surface area contributed by atoms with Crippen molar-refractivity contribution in [3.05, 3.63) is 24.3 Å². The normalized spacial score (nSPS) is 9.54. The molecule has 0 radical (unpaired) electrons. The molecule has 0 N–H and O–H groups in total. The fourth-order valence-corrected chi connectivity index (χ4v) is 0.340. The first-order chi connectivity index (χ1) is 4.23. The Morgan fingerprint density at radius 3 is 1.54 bits per heavy atom. The van der Waals surface area contributed by atoms with Crippen molar-refractivity contribution < 1.29 is 21.7 Å². The predicted molar refractivity (Wildman–Crippen MR) is 62.9 cm³/mol. The Hall–Kier alpha value is 1.02. The van der Waals surface area contributed by atoms with Gasteiger partial charge >= 0.3 is 0 Å². The number of halogens is 3. The molecule has 1 rings (SSSR count). The van der Waals surface area contributed by atoms with Crippen molar-refractivity contribution in [3.63, 3.8) is 0 Å². The molecule has 0 saturated heterocycles. The molecule has 0 aromatic heterocycles. The van der Waals surface area contributed by atoms with Gasteiger partial charge in [0.15, 0.2) is 0 Å². The summed E-state index contributed by atoms with van der Waals surface area (Å²) in [7, 11) is 6.00. The Morgan fingerprint density at radius 1 is 1.08 bits per heavy atom. The van der Waals surface area contributed by atoms with E-state index in [2.05, 4.69) is 12.2 Å². The van der Waals surface area contributed by atoms with E-state index >= 15 is 0 Å². The zero-order valence-electron chi connectivity index (χ0n) is 8.11. The molecule has 0 atom stereocenters. The van der Waals surface area contributed by atoms with Crippen LogP contribution < -0.4 is 0 Å². The molecule has 0 aromatic carbocycles. The van der Waals surface area contributed by atoms with E-state index in [0.717, 1.165) is 6.42 Å². The molecule has 0 fully saturated rings. The van der Waals surface area contributed by atoms with Gasteiger partial charge in [-0.05, 0) is 21.1 Å². The van der Waals surface area contributed by atoms with Gasteiger partial charge in [0.25, 0.3) is 0 Å². The maximum atomic E-state index is 2.99. The Labute approximate surface area is 115 Å². The number of hydrogen-bond donors (Lipinski definition) is 0. The second kappa shape index (κ2) is 23.1. The second-order valence-corrected chi connectivity index (χ2v) is 2.34. The van der Waals surface area contributed by atoms with Crippen LogP contribution in [0.2, 0.25) is 0 Å². The summed E-state index contributed by atoms with van der Waals surface area (Å²) in [5, 5.41) is 0. The van der Waals surface area contributed by atoms with Gasteiger partial charge in [0, 0.05) is 21.7 Å². The van der Waals surface area contributed by atoms with Crippen molar-refractivity contribution in [1.82, 2.24) is 4.90 Å². The van der Waals surface area contributed by atoms with Crippen LogP contribution in [0.15, 0.2) is 18.2 Å². The third kappa shape index (κ3) is 43.6. The van der Waals surface area contributed by atoms with Crippen molar-refractivity contribution in [2.45, 2.75) is 6.42 Å². The first-order valence-electron chi connectivity index (χ1n) is 3.06. The van der Waals surface area contributed by atoms with Gasteiger partial charge in [-0.25, -0.2) is 12.2 Å². The Kier molecular flexibility index (Phi) is 52.0. The van der Waals surface area contributed by atoms with Crippen molar-refractivity contribution in [2.24, 2.45) is 0 Å². The van der Waals surface area contributed by atoms with Gasteiger partial charge in [-0.15, -0.1) is 43.6 Å². The van der Waals surface area contributed by atoms with Crippen LogP contribution in [0.1, 0.15) is 6.42 Å². The van der Waals surface area contributed by atoms with E-state index < -0.39 is 0 Å². The van der Waals surface area contributed by atoms with Crippen LogP contribution in [0.3, 0.4) is 0 Å².